The molecule has 0 bridgehead atoms. The van der Waals surface area contributed by atoms with Gasteiger partial charge in [-0.25, -0.2) is 4.68 Å². The lowest BCUT2D eigenvalue weighted by Crippen LogP contribution is -2.48. The van der Waals surface area contributed by atoms with Gasteiger partial charge in [0.1, 0.15) is 11.6 Å². The van der Waals surface area contributed by atoms with Crippen molar-refractivity contribution in [2.45, 2.75) is 19.9 Å². The van der Waals surface area contributed by atoms with Gasteiger partial charge in [-0.15, -0.1) is 16.9 Å². The van der Waals surface area contributed by atoms with E-state index in [9.17, 15) is 9.59 Å². The van der Waals surface area contributed by atoms with Crippen LogP contribution < -0.4 is 0 Å². The summed E-state index contributed by atoms with van der Waals surface area (Å²) in [6, 6.07) is 4.97. The Bertz CT molecular complexity index is 771. The van der Waals surface area contributed by atoms with Crippen molar-refractivity contribution >= 4 is 34.6 Å². The standard InChI is InChI=1S/C16H21N5O2S/c1-4-20(5-2)16(23)14-9-24-10-21(14)15(22)11-6-7-13-12(8-11)17-18-19(13)3/h6-8,14H,4-5,9-10H2,1-3H3. The van der Waals surface area contributed by atoms with Crippen LogP contribution in [0.5, 0.6) is 0 Å². The van der Waals surface area contributed by atoms with Crippen LogP contribution in [0.2, 0.25) is 0 Å². The molecule has 1 saturated heterocycles. The van der Waals surface area contributed by atoms with Crippen molar-refractivity contribution in [1.82, 2.24) is 24.8 Å². The topological polar surface area (TPSA) is 71.3 Å². The number of hydrogen-bond acceptors (Lipinski definition) is 5. The third-order valence-electron chi connectivity index (χ3n) is 4.36. The smallest absolute Gasteiger partial charge is 0.255 e. The van der Waals surface area contributed by atoms with Gasteiger partial charge in [-0.05, 0) is 32.0 Å². The number of hydrogen-bond donors (Lipinski definition) is 0. The molecule has 2 aromatic rings. The largest absolute Gasteiger partial charge is 0.341 e. The molecule has 1 fully saturated rings. The van der Waals surface area contributed by atoms with Gasteiger partial charge in [-0.1, -0.05) is 5.21 Å². The Morgan fingerprint density at radius 3 is 2.79 bits per heavy atom. The van der Waals surface area contributed by atoms with E-state index in [1.54, 1.807) is 38.4 Å². The Labute approximate surface area is 145 Å². The molecular weight excluding hydrogens is 326 g/mol. The van der Waals surface area contributed by atoms with Gasteiger partial charge in [0.15, 0.2) is 0 Å². The van der Waals surface area contributed by atoms with Crippen LogP contribution in [0, 0.1) is 0 Å². The highest BCUT2D eigenvalue weighted by Gasteiger charge is 2.36. The fourth-order valence-corrected chi connectivity index (χ4v) is 4.08. The summed E-state index contributed by atoms with van der Waals surface area (Å²) in [7, 11) is 1.81. The number of aryl methyl sites for hydroxylation is 1. The van der Waals surface area contributed by atoms with Crippen molar-refractivity contribution in [1.29, 1.82) is 0 Å². The molecule has 1 aromatic carbocycles. The molecule has 2 heterocycles. The van der Waals surface area contributed by atoms with Crippen LogP contribution in [0.1, 0.15) is 24.2 Å². The Hall–Kier alpha value is -2.09. The van der Waals surface area contributed by atoms with Crippen molar-refractivity contribution in [3.63, 3.8) is 0 Å². The molecule has 1 aliphatic rings. The van der Waals surface area contributed by atoms with Gasteiger partial charge in [0, 0.05) is 31.5 Å². The van der Waals surface area contributed by atoms with E-state index < -0.39 is 0 Å². The van der Waals surface area contributed by atoms with Crippen molar-refractivity contribution in [3.8, 4) is 0 Å². The van der Waals surface area contributed by atoms with Gasteiger partial charge in [0.2, 0.25) is 5.91 Å². The molecule has 0 saturated carbocycles. The van der Waals surface area contributed by atoms with Gasteiger partial charge >= 0.3 is 0 Å². The molecule has 8 heteroatoms. The summed E-state index contributed by atoms with van der Waals surface area (Å²) < 4.78 is 1.67. The first-order valence-corrected chi connectivity index (χ1v) is 9.19. The second-order valence-electron chi connectivity index (χ2n) is 5.72. The molecule has 2 amide bonds. The summed E-state index contributed by atoms with van der Waals surface area (Å²) in [5, 5.41) is 8.02. The van der Waals surface area contributed by atoms with Crippen LogP contribution >= 0.6 is 11.8 Å². The minimum absolute atomic E-state index is 0.0268. The number of thioether (sulfide) groups is 1. The highest BCUT2D eigenvalue weighted by Crippen LogP contribution is 2.25. The predicted molar refractivity (Wildman–Crippen MR) is 93.7 cm³/mol. The Morgan fingerprint density at radius 1 is 1.33 bits per heavy atom. The lowest BCUT2D eigenvalue weighted by atomic mass is 10.1. The van der Waals surface area contributed by atoms with E-state index in [-0.39, 0.29) is 17.9 Å². The lowest BCUT2D eigenvalue weighted by molar-refractivity contribution is -0.134. The van der Waals surface area contributed by atoms with Gasteiger partial charge in [0.25, 0.3) is 5.91 Å². The number of amides is 2. The highest BCUT2D eigenvalue weighted by atomic mass is 32.2. The number of fused-ring (bicyclic) bond motifs is 1. The van der Waals surface area contributed by atoms with Gasteiger partial charge in [-0.2, -0.15) is 0 Å². The molecule has 0 radical (unpaired) electrons. The van der Waals surface area contributed by atoms with Crippen LogP contribution in [-0.2, 0) is 11.8 Å². The van der Waals surface area contributed by atoms with E-state index in [2.05, 4.69) is 10.3 Å². The molecule has 0 aliphatic carbocycles. The van der Waals surface area contributed by atoms with Crippen LogP contribution in [0.15, 0.2) is 18.2 Å². The van der Waals surface area contributed by atoms with Crippen molar-refractivity contribution in [2.24, 2.45) is 7.05 Å². The van der Waals surface area contributed by atoms with Crippen LogP contribution in [-0.4, -0.2) is 67.4 Å². The Balaban J connectivity index is 1.85. The van der Waals surface area contributed by atoms with Gasteiger partial charge in [0.05, 0.1) is 11.4 Å². The maximum Gasteiger partial charge on any atom is 0.255 e. The minimum Gasteiger partial charge on any atom is -0.341 e. The Morgan fingerprint density at radius 2 is 2.08 bits per heavy atom. The van der Waals surface area contributed by atoms with Crippen molar-refractivity contribution in [3.05, 3.63) is 23.8 Å². The summed E-state index contributed by atoms with van der Waals surface area (Å²) in [6.45, 7) is 5.23. The van der Waals surface area contributed by atoms with Crippen LogP contribution in [0.4, 0.5) is 0 Å². The molecule has 1 aromatic heterocycles. The molecule has 7 nitrogen and oxygen atoms in total. The summed E-state index contributed by atoms with van der Waals surface area (Å²) in [4.78, 5) is 29.0. The third-order valence-corrected chi connectivity index (χ3v) is 5.37. The van der Waals surface area contributed by atoms with E-state index >= 15 is 0 Å². The number of likely N-dealkylation sites (N-methyl/N-ethyl adjacent to an activating group) is 1. The second-order valence-corrected chi connectivity index (χ2v) is 6.72. The van der Waals surface area contributed by atoms with E-state index in [1.165, 1.54) is 0 Å². The average Bonchev–Trinajstić information content (AvgIpc) is 3.22. The zero-order valence-electron chi connectivity index (χ0n) is 14.1. The summed E-state index contributed by atoms with van der Waals surface area (Å²) in [5.41, 5.74) is 2.10. The maximum atomic E-state index is 12.9. The third kappa shape index (κ3) is 2.86. The highest BCUT2D eigenvalue weighted by molar-refractivity contribution is 7.99. The van der Waals surface area contributed by atoms with Gasteiger partial charge in [-0.3, -0.25) is 9.59 Å². The van der Waals surface area contributed by atoms with E-state index in [0.717, 1.165) is 5.52 Å². The molecular formula is C16H21N5O2S. The Kier molecular flexibility index (Phi) is 4.75. The first kappa shape index (κ1) is 16.8. The number of carbonyl (C=O) groups excluding carboxylic acids is 2. The molecule has 128 valence electrons. The lowest BCUT2D eigenvalue weighted by Gasteiger charge is -2.28. The molecule has 3 rings (SSSR count). The van der Waals surface area contributed by atoms with Crippen LogP contribution in [0.3, 0.4) is 0 Å². The fraction of sp³-hybridized carbons (Fsp3) is 0.500. The van der Waals surface area contributed by atoms with Crippen LogP contribution in [0.25, 0.3) is 11.0 Å². The SMILES string of the molecule is CCN(CC)C(=O)C1CSCN1C(=O)c1ccc2c(c1)nnn2C. The average molecular weight is 347 g/mol. The number of nitrogens with zero attached hydrogens (tertiary/aromatic N) is 5. The first-order chi connectivity index (χ1) is 11.6. The first-order valence-electron chi connectivity index (χ1n) is 8.03. The van der Waals surface area contributed by atoms with Crippen molar-refractivity contribution in [2.75, 3.05) is 24.7 Å². The monoisotopic (exact) mass is 347 g/mol. The van der Waals surface area contributed by atoms with Crippen molar-refractivity contribution < 1.29 is 9.59 Å². The number of aromatic nitrogens is 3. The number of carbonyl (C=O) groups is 2. The zero-order valence-corrected chi connectivity index (χ0v) is 14.9. The quantitative estimate of drug-likeness (QED) is 0.835. The van der Waals surface area contributed by atoms with Gasteiger partial charge < -0.3 is 9.80 Å². The normalized spacial score (nSPS) is 17.5. The molecule has 0 spiro atoms. The summed E-state index contributed by atoms with van der Waals surface area (Å²) in [5.74, 6) is 1.08. The van der Waals surface area contributed by atoms with E-state index in [0.29, 0.717) is 35.8 Å². The molecule has 1 atom stereocenters. The number of rotatable bonds is 4. The summed E-state index contributed by atoms with van der Waals surface area (Å²) in [6.07, 6.45) is 0. The second kappa shape index (κ2) is 6.80. The molecule has 1 aliphatic heterocycles. The zero-order chi connectivity index (χ0) is 17.3. The number of benzene rings is 1. The summed E-state index contributed by atoms with van der Waals surface area (Å²) >= 11 is 1.61. The maximum absolute atomic E-state index is 12.9. The predicted octanol–water partition coefficient (Wildman–Crippen LogP) is 1.35. The van der Waals surface area contributed by atoms with E-state index in [4.69, 9.17) is 0 Å². The minimum atomic E-state index is -0.389. The molecule has 0 N–H and O–H groups in total. The molecule has 1 unspecified atom stereocenters. The fourth-order valence-electron chi connectivity index (χ4n) is 2.93. The molecule has 24 heavy (non-hydrogen) atoms. The van der Waals surface area contributed by atoms with E-state index in [1.807, 2.05) is 27.0 Å².